The molecule has 1 N–H and O–H groups in total. The molecule has 0 saturated carbocycles. The molecule has 1 fully saturated rings. The van der Waals surface area contributed by atoms with Crippen molar-refractivity contribution >= 4 is 27.6 Å². The van der Waals surface area contributed by atoms with Crippen molar-refractivity contribution in [3.8, 4) is 0 Å². The summed E-state index contributed by atoms with van der Waals surface area (Å²) in [6.07, 6.45) is 8.25. The molecule has 10 heteroatoms. The molecular formula is C18H21N5O4S. The molecule has 0 spiro atoms. The van der Waals surface area contributed by atoms with Gasteiger partial charge in [-0.3, -0.25) is 20.5 Å². The number of hydrogen-bond donors (Lipinski definition) is 1. The van der Waals surface area contributed by atoms with Crippen LogP contribution < -0.4 is 5.43 Å². The number of nitro groups is 1. The van der Waals surface area contributed by atoms with Crippen molar-refractivity contribution in [3.05, 3.63) is 58.4 Å². The third-order valence-corrected chi connectivity index (χ3v) is 6.40. The van der Waals surface area contributed by atoms with Crippen LogP contribution in [0.15, 0.2) is 52.7 Å². The van der Waals surface area contributed by atoms with Crippen LogP contribution in [0, 0.1) is 10.1 Å². The fraction of sp³-hybridized carbons (Fsp3) is 0.333. The summed E-state index contributed by atoms with van der Waals surface area (Å²) in [7, 11) is -3.88. The highest BCUT2D eigenvalue weighted by Gasteiger charge is 2.29. The monoisotopic (exact) mass is 403 g/mol. The maximum atomic E-state index is 13.2. The molecule has 148 valence electrons. The van der Waals surface area contributed by atoms with E-state index in [1.807, 2.05) is 0 Å². The summed E-state index contributed by atoms with van der Waals surface area (Å²) in [5, 5.41) is 15.2. The molecule has 3 rings (SSSR count). The van der Waals surface area contributed by atoms with Crippen LogP contribution in [0.3, 0.4) is 0 Å². The van der Waals surface area contributed by atoms with Gasteiger partial charge in [0.15, 0.2) is 0 Å². The van der Waals surface area contributed by atoms with Crippen molar-refractivity contribution < 1.29 is 13.3 Å². The van der Waals surface area contributed by atoms with E-state index in [4.69, 9.17) is 0 Å². The first kappa shape index (κ1) is 19.9. The number of non-ortho nitro benzene ring substituents is 1. The number of nitrogens with one attached hydrogen (secondary N) is 1. The summed E-state index contributed by atoms with van der Waals surface area (Å²) in [5.74, 6) is 0. The number of nitro benzene ring substituents is 1. The average Bonchev–Trinajstić information content (AvgIpc) is 2.99. The normalized spacial score (nSPS) is 16.0. The van der Waals surface area contributed by atoms with E-state index in [0.29, 0.717) is 13.1 Å². The number of aromatic nitrogens is 1. The van der Waals surface area contributed by atoms with Gasteiger partial charge in [0.25, 0.3) is 5.69 Å². The largest absolute Gasteiger partial charge is 0.277 e. The third-order valence-electron chi connectivity index (χ3n) is 4.46. The van der Waals surface area contributed by atoms with Crippen molar-refractivity contribution in [1.82, 2.24) is 9.29 Å². The summed E-state index contributed by atoms with van der Waals surface area (Å²) in [6.45, 7) is 0.815. The molecular weight excluding hydrogens is 382 g/mol. The Bertz CT molecular complexity index is 955. The first-order chi connectivity index (χ1) is 13.5. The van der Waals surface area contributed by atoms with Gasteiger partial charge in [0.1, 0.15) is 4.90 Å². The predicted octanol–water partition coefficient (Wildman–Crippen LogP) is 3.00. The lowest BCUT2D eigenvalue weighted by Gasteiger charge is -2.21. The Balaban J connectivity index is 1.93. The minimum Gasteiger partial charge on any atom is -0.277 e. The molecule has 2 heterocycles. The Morgan fingerprint density at radius 1 is 1.11 bits per heavy atom. The van der Waals surface area contributed by atoms with Gasteiger partial charge in [-0.15, -0.1) is 0 Å². The molecule has 0 atom stereocenters. The van der Waals surface area contributed by atoms with Gasteiger partial charge in [-0.05, 0) is 36.6 Å². The summed E-state index contributed by atoms with van der Waals surface area (Å²) in [4.78, 5) is 14.3. The zero-order valence-corrected chi connectivity index (χ0v) is 16.0. The van der Waals surface area contributed by atoms with E-state index in [2.05, 4.69) is 15.5 Å². The number of benzene rings is 1. The first-order valence-electron chi connectivity index (χ1n) is 8.96. The summed E-state index contributed by atoms with van der Waals surface area (Å²) < 4.78 is 27.7. The molecule has 1 saturated heterocycles. The number of rotatable bonds is 6. The maximum absolute atomic E-state index is 13.2. The summed E-state index contributed by atoms with van der Waals surface area (Å²) in [6, 6.07) is 7.20. The van der Waals surface area contributed by atoms with Crippen LogP contribution in [-0.2, 0) is 10.0 Å². The second-order valence-corrected chi connectivity index (χ2v) is 8.31. The molecule has 2 aromatic rings. The second-order valence-electron chi connectivity index (χ2n) is 6.41. The average molecular weight is 403 g/mol. The zero-order chi connectivity index (χ0) is 20.0. The smallest absolute Gasteiger partial charge is 0.270 e. The molecule has 0 bridgehead atoms. The van der Waals surface area contributed by atoms with Crippen molar-refractivity contribution in [3.63, 3.8) is 0 Å². The van der Waals surface area contributed by atoms with Gasteiger partial charge in [0.2, 0.25) is 10.0 Å². The van der Waals surface area contributed by atoms with Crippen molar-refractivity contribution in [2.45, 2.75) is 30.6 Å². The highest BCUT2D eigenvalue weighted by atomic mass is 32.2. The highest BCUT2D eigenvalue weighted by molar-refractivity contribution is 7.89. The molecule has 0 aliphatic carbocycles. The van der Waals surface area contributed by atoms with Gasteiger partial charge >= 0.3 is 0 Å². The number of hydrogen-bond acceptors (Lipinski definition) is 7. The minimum atomic E-state index is -3.88. The Labute approximate surface area is 163 Å². The predicted molar refractivity (Wildman–Crippen MR) is 106 cm³/mol. The first-order valence-corrected chi connectivity index (χ1v) is 10.4. The quantitative estimate of drug-likeness (QED) is 0.450. The Kier molecular flexibility index (Phi) is 6.32. The van der Waals surface area contributed by atoms with Gasteiger partial charge in [0.05, 0.1) is 16.8 Å². The number of pyridine rings is 1. The molecule has 1 aliphatic rings. The second kappa shape index (κ2) is 8.89. The van der Waals surface area contributed by atoms with E-state index in [9.17, 15) is 18.5 Å². The van der Waals surface area contributed by atoms with Crippen LogP contribution in [-0.4, -0.2) is 41.9 Å². The van der Waals surface area contributed by atoms with E-state index in [1.54, 1.807) is 24.5 Å². The maximum Gasteiger partial charge on any atom is 0.270 e. The van der Waals surface area contributed by atoms with E-state index in [-0.39, 0.29) is 16.3 Å². The van der Waals surface area contributed by atoms with Crippen LogP contribution in [0.5, 0.6) is 0 Å². The van der Waals surface area contributed by atoms with Crippen LogP contribution in [0.2, 0.25) is 0 Å². The van der Waals surface area contributed by atoms with E-state index >= 15 is 0 Å². The topological polar surface area (TPSA) is 118 Å². The number of hydrazone groups is 1. The van der Waals surface area contributed by atoms with Gasteiger partial charge in [-0.1, -0.05) is 12.8 Å². The lowest BCUT2D eigenvalue weighted by Crippen LogP contribution is -2.32. The van der Waals surface area contributed by atoms with Gasteiger partial charge < -0.3 is 0 Å². The molecule has 9 nitrogen and oxygen atoms in total. The van der Waals surface area contributed by atoms with Gasteiger partial charge in [0, 0.05) is 37.6 Å². The highest BCUT2D eigenvalue weighted by Crippen LogP contribution is 2.30. The molecule has 0 unspecified atom stereocenters. The van der Waals surface area contributed by atoms with Crippen molar-refractivity contribution in [1.29, 1.82) is 0 Å². The SMILES string of the molecule is O=[N+]([O-])c1ccc(N/N=C/c2ccncc2)c(S(=O)(=O)N2CCCCCC2)c1. The van der Waals surface area contributed by atoms with Crippen molar-refractivity contribution in [2.75, 3.05) is 18.5 Å². The number of anilines is 1. The van der Waals surface area contributed by atoms with Crippen molar-refractivity contribution in [2.24, 2.45) is 5.10 Å². The van der Waals surface area contributed by atoms with Crippen LogP contribution in [0.1, 0.15) is 31.2 Å². The number of nitrogens with zero attached hydrogens (tertiary/aromatic N) is 4. The van der Waals surface area contributed by atoms with Crippen LogP contribution in [0.25, 0.3) is 0 Å². The lowest BCUT2D eigenvalue weighted by molar-refractivity contribution is -0.385. The van der Waals surface area contributed by atoms with E-state index in [1.165, 1.54) is 22.7 Å². The molecule has 1 aliphatic heterocycles. The van der Waals surface area contributed by atoms with Gasteiger partial charge in [-0.25, -0.2) is 8.42 Å². The fourth-order valence-corrected chi connectivity index (χ4v) is 4.66. The Morgan fingerprint density at radius 3 is 2.43 bits per heavy atom. The van der Waals surface area contributed by atoms with E-state index < -0.39 is 14.9 Å². The molecule has 0 radical (unpaired) electrons. The lowest BCUT2D eigenvalue weighted by atomic mass is 10.2. The fourth-order valence-electron chi connectivity index (χ4n) is 2.98. The summed E-state index contributed by atoms with van der Waals surface area (Å²) >= 11 is 0. The molecule has 0 amide bonds. The van der Waals surface area contributed by atoms with Gasteiger partial charge in [-0.2, -0.15) is 9.41 Å². The third kappa shape index (κ3) is 4.70. The van der Waals surface area contributed by atoms with Crippen LogP contribution >= 0.6 is 0 Å². The van der Waals surface area contributed by atoms with E-state index in [0.717, 1.165) is 37.3 Å². The Morgan fingerprint density at radius 2 is 1.79 bits per heavy atom. The molecule has 28 heavy (non-hydrogen) atoms. The number of sulfonamides is 1. The molecule has 1 aromatic heterocycles. The molecule has 1 aromatic carbocycles. The standard InChI is InChI=1S/C18H21N5O4S/c24-23(25)16-5-6-17(21-20-14-15-7-9-19-10-8-15)18(13-16)28(26,27)22-11-3-1-2-4-12-22/h5-10,13-14,21H,1-4,11-12H2/b20-14+. The summed E-state index contributed by atoms with van der Waals surface area (Å²) in [5.41, 5.74) is 3.40. The van der Waals surface area contributed by atoms with Crippen LogP contribution in [0.4, 0.5) is 11.4 Å². The minimum absolute atomic E-state index is 0.143. The zero-order valence-electron chi connectivity index (χ0n) is 15.2. The Hall–Kier alpha value is -2.85.